The highest BCUT2D eigenvalue weighted by Gasteiger charge is 2.08. The number of benzene rings is 1. The Morgan fingerprint density at radius 3 is 2.87 bits per heavy atom. The normalized spacial score (nSPS) is 11.2. The van der Waals surface area contributed by atoms with Crippen LogP contribution >= 0.6 is 0 Å². The largest absolute Gasteiger partial charge is 0.411 e. The van der Waals surface area contributed by atoms with Gasteiger partial charge in [-0.05, 0) is 6.07 Å². The topological polar surface area (TPSA) is 75.7 Å². The Balaban J connectivity index is 2.84. The van der Waals surface area contributed by atoms with E-state index in [1.807, 2.05) is 0 Å². The number of para-hydroxylation sites is 1. The van der Waals surface area contributed by atoms with Crippen molar-refractivity contribution in [2.75, 3.05) is 0 Å². The lowest BCUT2D eigenvalue weighted by Gasteiger charge is -1.95. The number of nitro groups is 1. The molecule has 0 amide bonds. The Bertz CT molecular complexity index is 399. The maximum atomic E-state index is 10.6. The monoisotopic (exact) mass is 206 g/mol. The summed E-state index contributed by atoms with van der Waals surface area (Å²) < 4.78 is 0. The fraction of sp³-hybridized carbons (Fsp3) is 0.100. The number of nitrogens with zero attached hydrogens (tertiary/aromatic N) is 2. The molecule has 1 rings (SSSR count). The minimum atomic E-state index is -0.431. The van der Waals surface area contributed by atoms with Crippen molar-refractivity contribution in [2.45, 2.75) is 6.42 Å². The predicted molar refractivity (Wildman–Crippen MR) is 57.0 cm³/mol. The molecule has 1 aromatic rings. The first-order valence-electron chi connectivity index (χ1n) is 4.31. The van der Waals surface area contributed by atoms with Crippen molar-refractivity contribution in [2.24, 2.45) is 5.16 Å². The number of hydrogen-bond acceptors (Lipinski definition) is 4. The van der Waals surface area contributed by atoms with Gasteiger partial charge >= 0.3 is 0 Å². The van der Waals surface area contributed by atoms with Crippen molar-refractivity contribution in [1.82, 2.24) is 0 Å². The zero-order chi connectivity index (χ0) is 11.1. The molecule has 0 aliphatic heterocycles. The van der Waals surface area contributed by atoms with E-state index < -0.39 is 4.92 Å². The first kappa shape index (κ1) is 10.9. The van der Waals surface area contributed by atoms with Crippen LogP contribution in [0.15, 0.2) is 35.5 Å². The molecule has 0 saturated heterocycles. The Morgan fingerprint density at radius 2 is 2.20 bits per heavy atom. The number of nitro benzene ring substituents is 1. The first-order valence-corrected chi connectivity index (χ1v) is 4.31. The Morgan fingerprint density at radius 1 is 1.47 bits per heavy atom. The third kappa shape index (κ3) is 3.22. The van der Waals surface area contributed by atoms with Gasteiger partial charge in [0.15, 0.2) is 0 Å². The summed E-state index contributed by atoms with van der Waals surface area (Å²) in [7, 11) is 0. The van der Waals surface area contributed by atoms with Gasteiger partial charge in [0.2, 0.25) is 0 Å². The van der Waals surface area contributed by atoms with Gasteiger partial charge in [-0.3, -0.25) is 10.1 Å². The van der Waals surface area contributed by atoms with E-state index in [2.05, 4.69) is 5.16 Å². The zero-order valence-corrected chi connectivity index (χ0v) is 7.91. The number of hydrogen-bond donors (Lipinski definition) is 1. The van der Waals surface area contributed by atoms with Crippen LogP contribution in [0.3, 0.4) is 0 Å². The zero-order valence-electron chi connectivity index (χ0n) is 7.91. The molecule has 1 N–H and O–H groups in total. The van der Waals surface area contributed by atoms with E-state index in [1.165, 1.54) is 12.3 Å². The van der Waals surface area contributed by atoms with Gasteiger partial charge in [-0.2, -0.15) is 0 Å². The van der Waals surface area contributed by atoms with Crippen molar-refractivity contribution in [3.63, 3.8) is 0 Å². The van der Waals surface area contributed by atoms with Crippen LogP contribution in [0, 0.1) is 10.1 Å². The third-order valence-electron chi connectivity index (χ3n) is 1.75. The highest BCUT2D eigenvalue weighted by atomic mass is 16.6. The lowest BCUT2D eigenvalue weighted by molar-refractivity contribution is -0.385. The minimum Gasteiger partial charge on any atom is -0.411 e. The average Bonchev–Trinajstić information content (AvgIpc) is 2.25. The smallest absolute Gasteiger partial charge is 0.276 e. The van der Waals surface area contributed by atoms with Gasteiger partial charge < -0.3 is 5.21 Å². The molecule has 1 aromatic carbocycles. The van der Waals surface area contributed by atoms with Crippen molar-refractivity contribution in [3.8, 4) is 0 Å². The standard InChI is InChI=1S/C10H10N2O3/c13-11-8-4-3-6-9-5-1-2-7-10(9)12(14)15/h1-3,5-8,13H,4H2/b6-3+,11-8?. The van der Waals surface area contributed by atoms with E-state index >= 15 is 0 Å². The fourth-order valence-corrected chi connectivity index (χ4v) is 1.10. The van der Waals surface area contributed by atoms with Crippen molar-refractivity contribution in [3.05, 3.63) is 46.0 Å². The molecule has 0 atom stereocenters. The SMILES string of the molecule is O=[N+]([O-])c1ccccc1/C=C/CC=NO. The molecular weight excluding hydrogens is 196 g/mol. The van der Waals surface area contributed by atoms with Crippen LogP contribution in [0.4, 0.5) is 5.69 Å². The fourth-order valence-electron chi connectivity index (χ4n) is 1.10. The highest BCUT2D eigenvalue weighted by molar-refractivity contribution is 5.65. The first-order chi connectivity index (χ1) is 7.25. The van der Waals surface area contributed by atoms with Crippen molar-refractivity contribution in [1.29, 1.82) is 0 Å². The molecule has 5 nitrogen and oxygen atoms in total. The molecule has 0 spiro atoms. The molecule has 0 aromatic heterocycles. The molecule has 0 saturated carbocycles. The molecule has 0 heterocycles. The van der Waals surface area contributed by atoms with E-state index in [0.29, 0.717) is 12.0 Å². The van der Waals surface area contributed by atoms with Crippen LogP contribution in [-0.2, 0) is 0 Å². The predicted octanol–water partition coefficient (Wildman–Crippen LogP) is 2.46. The Labute approximate surface area is 86.5 Å². The second kappa shape index (κ2) is 5.54. The summed E-state index contributed by atoms with van der Waals surface area (Å²) in [5, 5.41) is 21.6. The van der Waals surface area contributed by atoms with Gasteiger partial charge in [0.25, 0.3) is 5.69 Å². The summed E-state index contributed by atoms with van der Waals surface area (Å²) >= 11 is 0. The summed E-state index contributed by atoms with van der Waals surface area (Å²) in [4.78, 5) is 10.2. The minimum absolute atomic E-state index is 0.0645. The third-order valence-corrected chi connectivity index (χ3v) is 1.75. The second-order valence-corrected chi connectivity index (χ2v) is 2.75. The Hall–Kier alpha value is -2.17. The van der Waals surface area contributed by atoms with E-state index in [4.69, 9.17) is 5.21 Å². The van der Waals surface area contributed by atoms with Gasteiger partial charge in [-0.1, -0.05) is 24.3 Å². The van der Waals surface area contributed by atoms with Crippen LogP contribution < -0.4 is 0 Å². The van der Waals surface area contributed by atoms with Gasteiger partial charge in [0.05, 0.1) is 10.5 Å². The summed E-state index contributed by atoms with van der Waals surface area (Å²) in [6, 6.07) is 6.45. The van der Waals surface area contributed by atoms with Crippen LogP contribution in [0.5, 0.6) is 0 Å². The average molecular weight is 206 g/mol. The van der Waals surface area contributed by atoms with E-state index in [0.717, 1.165) is 0 Å². The summed E-state index contributed by atoms with van der Waals surface area (Å²) in [6.45, 7) is 0. The maximum Gasteiger partial charge on any atom is 0.276 e. The van der Waals surface area contributed by atoms with Crippen LogP contribution in [0.25, 0.3) is 6.08 Å². The van der Waals surface area contributed by atoms with Crippen LogP contribution in [0.2, 0.25) is 0 Å². The van der Waals surface area contributed by atoms with Crippen molar-refractivity contribution >= 4 is 18.0 Å². The van der Waals surface area contributed by atoms with Crippen LogP contribution in [-0.4, -0.2) is 16.3 Å². The molecule has 15 heavy (non-hydrogen) atoms. The molecule has 0 fully saturated rings. The van der Waals surface area contributed by atoms with Crippen LogP contribution in [0.1, 0.15) is 12.0 Å². The van der Waals surface area contributed by atoms with Gasteiger partial charge in [0, 0.05) is 18.7 Å². The second-order valence-electron chi connectivity index (χ2n) is 2.75. The molecule has 0 radical (unpaired) electrons. The molecular formula is C10H10N2O3. The number of oxime groups is 1. The van der Waals surface area contributed by atoms with E-state index in [1.54, 1.807) is 30.4 Å². The van der Waals surface area contributed by atoms with Crippen molar-refractivity contribution < 1.29 is 10.1 Å². The van der Waals surface area contributed by atoms with E-state index in [-0.39, 0.29) is 5.69 Å². The van der Waals surface area contributed by atoms with E-state index in [9.17, 15) is 10.1 Å². The lowest BCUT2D eigenvalue weighted by Crippen LogP contribution is -1.90. The summed E-state index contributed by atoms with van der Waals surface area (Å²) in [6.07, 6.45) is 5.04. The molecule has 0 unspecified atom stereocenters. The molecule has 0 aliphatic rings. The van der Waals surface area contributed by atoms with Gasteiger partial charge in [0.1, 0.15) is 0 Å². The van der Waals surface area contributed by atoms with Gasteiger partial charge in [-0.25, -0.2) is 0 Å². The quantitative estimate of drug-likeness (QED) is 0.356. The maximum absolute atomic E-state index is 10.6. The van der Waals surface area contributed by atoms with Gasteiger partial charge in [-0.15, -0.1) is 5.16 Å². The molecule has 78 valence electrons. The number of rotatable bonds is 4. The lowest BCUT2D eigenvalue weighted by atomic mass is 10.1. The summed E-state index contributed by atoms with van der Waals surface area (Å²) in [5.74, 6) is 0. The molecule has 0 aliphatic carbocycles. The molecule has 0 bridgehead atoms. The highest BCUT2D eigenvalue weighted by Crippen LogP contribution is 2.18. The summed E-state index contributed by atoms with van der Waals surface area (Å²) in [5.41, 5.74) is 0.600. The number of allylic oxidation sites excluding steroid dienone is 1. The Kier molecular flexibility index (Phi) is 4.03. The molecule has 5 heteroatoms.